The van der Waals surface area contributed by atoms with Crippen molar-refractivity contribution >= 4 is 28.0 Å². The molecule has 0 unspecified atom stereocenters. The Morgan fingerprint density at radius 3 is 3.12 bits per heavy atom. The highest BCUT2D eigenvalue weighted by Gasteiger charge is 2.25. The fraction of sp³-hybridized carbons (Fsp3) is 0.353. The highest BCUT2D eigenvalue weighted by molar-refractivity contribution is 6.00. The van der Waals surface area contributed by atoms with Crippen molar-refractivity contribution in [3.63, 3.8) is 0 Å². The molecule has 1 amide bonds. The summed E-state index contributed by atoms with van der Waals surface area (Å²) in [5.74, 6) is -0.168. The SMILES string of the molecule is NC(=O)/C=C/[C@H]1CCC[C@@H](n2c(=O)[nH]c3cnc4[nH]ccc4c32)C1. The number of nitrogens with two attached hydrogens (primary N) is 1. The van der Waals surface area contributed by atoms with Crippen LogP contribution in [0.5, 0.6) is 0 Å². The van der Waals surface area contributed by atoms with Crippen molar-refractivity contribution in [2.75, 3.05) is 0 Å². The lowest BCUT2D eigenvalue weighted by Gasteiger charge is -2.28. The number of pyridine rings is 1. The van der Waals surface area contributed by atoms with Gasteiger partial charge in [0.25, 0.3) is 0 Å². The number of imidazole rings is 1. The lowest BCUT2D eigenvalue weighted by atomic mass is 9.85. The highest BCUT2D eigenvalue weighted by atomic mass is 16.1. The lowest BCUT2D eigenvalue weighted by molar-refractivity contribution is -0.113. The minimum atomic E-state index is -0.429. The molecule has 2 atom stereocenters. The minimum absolute atomic E-state index is 0.100. The molecule has 3 aromatic heterocycles. The zero-order chi connectivity index (χ0) is 16.7. The van der Waals surface area contributed by atoms with Crippen LogP contribution in [0.25, 0.3) is 22.1 Å². The molecule has 0 saturated heterocycles. The quantitative estimate of drug-likeness (QED) is 0.640. The summed E-state index contributed by atoms with van der Waals surface area (Å²) < 4.78 is 1.86. The summed E-state index contributed by atoms with van der Waals surface area (Å²) in [5, 5.41) is 0.945. The topological polar surface area (TPSA) is 110 Å². The van der Waals surface area contributed by atoms with E-state index in [-0.39, 0.29) is 17.6 Å². The third kappa shape index (κ3) is 2.42. The summed E-state index contributed by atoms with van der Waals surface area (Å²) in [6.07, 6.45) is 10.6. The molecular formula is C17H19N5O2. The van der Waals surface area contributed by atoms with E-state index in [1.165, 1.54) is 6.08 Å². The highest BCUT2D eigenvalue weighted by Crippen LogP contribution is 2.35. The van der Waals surface area contributed by atoms with E-state index >= 15 is 0 Å². The predicted octanol–water partition coefficient (Wildman–Crippen LogP) is 1.98. The van der Waals surface area contributed by atoms with Crippen LogP contribution in [0.15, 0.2) is 35.4 Å². The first kappa shape index (κ1) is 14.7. The molecule has 24 heavy (non-hydrogen) atoms. The Hall–Kier alpha value is -2.83. The maximum absolute atomic E-state index is 12.6. The third-order valence-electron chi connectivity index (χ3n) is 4.84. The van der Waals surface area contributed by atoms with E-state index in [2.05, 4.69) is 15.0 Å². The molecule has 1 fully saturated rings. The van der Waals surface area contributed by atoms with E-state index in [4.69, 9.17) is 5.73 Å². The van der Waals surface area contributed by atoms with Crippen molar-refractivity contribution in [3.8, 4) is 0 Å². The second-order valence-electron chi connectivity index (χ2n) is 6.40. The van der Waals surface area contributed by atoms with Crippen LogP contribution < -0.4 is 11.4 Å². The number of rotatable bonds is 3. The van der Waals surface area contributed by atoms with E-state index in [9.17, 15) is 9.59 Å². The van der Waals surface area contributed by atoms with Crippen LogP contribution in [0.3, 0.4) is 0 Å². The van der Waals surface area contributed by atoms with E-state index in [1.54, 1.807) is 6.20 Å². The molecule has 7 heteroatoms. The largest absolute Gasteiger partial charge is 0.366 e. The van der Waals surface area contributed by atoms with Gasteiger partial charge in [0.05, 0.1) is 17.2 Å². The molecule has 1 saturated carbocycles. The van der Waals surface area contributed by atoms with E-state index in [0.29, 0.717) is 0 Å². The molecule has 1 aliphatic rings. The smallest absolute Gasteiger partial charge is 0.326 e. The molecule has 4 rings (SSSR count). The predicted molar refractivity (Wildman–Crippen MR) is 91.5 cm³/mol. The molecule has 7 nitrogen and oxygen atoms in total. The first-order valence-corrected chi connectivity index (χ1v) is 8.17. The first-order valence-electron chi connectivity index (χ1n) is 8.17. The van der Waals surface area contributed by atoms with Gasteiger partial charge >= 0.3 is 5.69 Å². The van der Waals surface area contributed by atoms with Gasteiger partial charge in [0.1, 0.15) is 5.65 Å². The summed E-state index contributed by atoms with van der Waals surface area (Å²) in [5.41, 5.74) is 7.51. The van der Waals surface area contributed by atoms with Gasteiger partial charge in [-0.1, -0.05) is 12.5 Å². The molecule has 3 heterocycles. The van der Waals surface area contributed by atoms with Crippen molar-refractivity contribution < 1.29 is 4.79 Å². The van der Waals surface area contributed by atoms with Crippen molar-refractivity contribution in [1.82, 2.24) is 19.5 Å². The average Bonchev–Trinajstić information content (AvgIpc) is 3.16. The van der Waals surface area contributed by atoms with Gasteiger partial charge in [0.2, 0.25) is 5.91 Å². The Morgan fingerprint density at radius 1 is 1.42 bits per heavy atom. The fourth-order valence-corrected chi connectivity index (χ4v) is 3.81. The van der Waals surface area contributed by atoms with Gasteiger partial charge in [-0.05, 0) is 37.3 Å². The van der Waals surface area contributed by atoms with Crippen molar-refractivity contribution in [1.29, 1.82) is 0 Å². The number of aromatic nitrogens is 4. The molecule has 0 bridgehead atoms. The van der Waals surface area contributed by atoms with E-state index in [1.807, 2.05) is 22.9 Å². The number of primary amides is 1. The Morgan fingerprint density at radius 2 is 2.29 bits per heavy atom. The maximum Gasteiger partial charge on any atom is 0.326 e. The summed E-state index contributed by atoms with van der Waals surface area (Å²) in [6, 6.07) is 2.05. The summed E-state index contributed by atoms with van der Waals surface area (Å²) in [4.78, 5) is 33.8. The zero-order valence-corrected chi connectivity index (χ0v) is 13.2. The monoisotopic (exact) mass is 325 g/mol. The van der Waals surface area contributed by atoms with Crippen LogP contribution in [0, 0.1) is 5.92 Å². The normalized spacial score (nSPS) is 21.8. The summed E-state index contributed by atoms with van der Waals surface area (Å²) in [7, 11) is 0. The summed E-state index contributed by atoms with van der Waals surface area (Å²) in [6.45, 7) is 0. The Labute approximate surface area is 137 Å². The van der Waals surface area contributed by atoms with Gasteiger partial charge in [-0.3, -0.25) is 9.36 Å². The van der Waals surface area contributed by atoms with Crippen molar-refractivity contribution in [2.24, 2.45) is 11.7 Å². The molecule has 0 spiro atoms. The number of carbonyl (C=O) groups is 1. The van der Waals surface area contributed by atoms with Gasteiger partial charge in [0.15, 0.2) is 0 Å². The molecule has 0 aromatic carbocycles. The number of hydrogen-bond acceptors (Lipinski definition) is 3. The molecule has 1 aliphatic carbocycles. The van der Waals surface area contributed by atoms with Crippen molar-refractivity contribution in [2.45, 2.75) is 31.7 Å². The molecule has 0 aliphatic heterocycles. The number of H-pyrrole nitrogens is 2. The number of aromatic amines is 2. The number of hydrogen-bond donors (Lipinski definition) is 3. The van der Waals surface area contributed by atoms with Crippen LogP contribution in [-0.2, 0) is 4.79 Å². The van der Waals surface area contributed by atoms with Gasteiger partial charge in [0, 0.05) is 17.6 Å². The first-order chi connectivity index (χ1) is 11.6. The Bertz CT molecular complexity index is 993. The van der Waals surface area contributed by atoms with E-state index in [0.717, 1.165) is 47.8 Å². The number of nitrogens with zero attached hydrogens (tertiary/aromatic N) is 2. The number of amides is 1. The standard InChI is InChI=1S/C17H19N5O2/c18-14(23)5-4-10-2-1-3-11(8-10)22-15-12-6-7-19-16(12)20-9-13(15)21-17(22)24/h4-7,9-11H,1-3,8H2,(H2,18,23)(H,19,20)(H,21,24)/b5-4+/t10-,11-/m1/s1. The van der Waals surface area contributed by atoms with Crippen molar-refractivity contribution in [3.05, 3.63) is 41.1 Å². The number of fused-ring (bicyclic) bond motifs is 3. The third-order valence-corrected chi connectivity index (χ3v) is 4.84. The fourth-order valence-electron chi connectivity index (χ4n) is 3.81. The minimum Gasteiger partial charge on any atom is -0.366 e. The van der Waals surface area contributed by atoms with Crippen LogP contribution in [0.4, 0.5) is 0 Å². The Kier molecular flexibility index (Phi) is 3.48. The van der Waals surface area contributed by atoms with Crippen LogP contribution in [0.2, 0.25) is 0 Å². The molecule has 0 radical (unpaired) electrons. The van der Waals surface area contributed by atoms with Gasteiger partial charge in [-0.25, -0.2) is 9.78 Å². The van der Waals surface area contributed by atoms with Crippen LogP contribution in [-0.4, -0.2) is 25.4 Å². The molecule has 124 valence electrons. The molecular weight excluding hydrogens is 306 g/mol. The number of carbonyl (C=O) groups excluding carboxylic acids is 1. The summed E-state index contributed by atoms with van der Waals surface area (Å²) >= 11 is 0. The zero-order valence-electron chi connectivity index (χ0n) is 13.2. The second-order valence-corrected chi connectivity index (χ2v) is 6.40. The van der Waals surface area contributed by atoms with Gasteiger partial charge in [-0.2, -0.15) is 0 Å². The Balaban J connectivity index is 1.78. The van der Waals surface area contributed by atoms with Gasteiger partial charge in [-0.15, -0.1) is 0 Å². The average molecular weight is 325 g/mol. The second kappa shape index (κ2) is 5.67. The lowest BCUT2D eigenvalue weighted by Crippen LogP contribution is -2.26. The van der Waals surface area contributed by atoms with Crippen LogP contribution >= 0.6 is 0 Å². The van der Waals surface area contributed by atoms with E-state index < -0.39 is 5.91 Å². The molecule has 3 aromatic rings. The number of allylic oxidation sites excluding steroid dienone is 1. The molecule has 4 N–H and O–H groups in total. The van der Waals surface area contributed by atoms with Crippen LogP contribution in [0.1, 0.15) is 31.7 Å². The maximum atomic E-state index is 12.6. The van der Waals surface area contributed by atoms with Gasteiger partial charge < -0.3 is 15.7 Å². The number of nitrogens with one attached hydrogen (secondary N) is 2.